The molecule has 0 saturated heterocycles. The summed E-state index contributed by atoms with van der Waals surface area (Å²) in [5, 5.41) is 15.4. The largest absolute Gasteiger partial charge is 0.476 e. The minimum Gasteiger partial charge on any atom is -0.476 e. The van der Waals surface area contributed by atoms with Crippen molar-refractivity contribution in [3.63, 3.8) is 0 Å². The minimum absolute atomic E-state index is 0.135. The van der Waals surface area contributed by atoms with Gasteiger partial charge in [0.1, 0.15) is 5.82 Å². The van der Waals surface area contributed by atoms with Gasteiger partial charge in [0.15, 0.2) is 17.3 Å². The number of ether oxygens (including phenoxy) is 1. The second kappa shape index (κ2) is 4.74. The Balaban J connectivity index is 2.23. The number of hydrogen-bond acceptors (Lipinski definition) is 4. The van der Waals surface area contributed by atoms with E-state index in [-0.39, 0.29) is 17.3 Å². The number of aromatic nitrogens is 2. The number of carboxylic acids is 1. The van der Waals surface area contributed by atoms with Crippen molar-refractivity contribution < 1.29 is 23.4 Å². The zero-order valence-corrected chi connectivity index (χ0v) is 8.80. The van der Waals surface area contributed by atoms with Gasteiger partial charge < -0.3 is 9.84 Å². The molecule has 0 radical (unpaired) electrons. The summed E-state index contributed by atoms with van der Waals surface area (Å²) in [5.74, 6) is -3.16. The van der Waals surface area contributed by atoms with Crippen LogP contribution in [-0.2, 0) is 0 Å². The van der Waals surface area contributed by atoms with E-state index >= 15 is 0 Å². The Hall–Kier alpha value is -2.57. The van der Waals surface area contributed by atoms with Crippen LogP contribution >= 0.6 is 0 Å². The van der Waals surface area contributed by atoms with Gasteiger partial charge in [0.25, 0.3) is 0 Å². The van der Waals surface area contributed by atoms with Crippen LogP contribution < -0.4 is 4.74 Å². The van der Waals surface area contributed by atoms with E-state index in [0.29, 0.717) is 0 Å². The first-order valence-corrected chi connectivity index (χ1v) is 4.76. The molecule has 5 nitrogen and oxygen atoms in total. The summed E-state index contributed by atoms with van der Waals surface area (Å²) >= 11 is 0. The molecule has 0 unspecified atom stereocenters. The summed E-state index contributed by atoms with van der Waals surface area (Å²) in [6.45, 7) is 0. The Morgan fingerprint density at radius 1 is 1.17 bits per heavy atom. The van der Waals surface area contributed by atoms with Crippen molar-refractivity contribution in [1.29, 1.82) is 0 Å². The topological polar surface area (TPSA) is 72.3 Å². The van der Waals surface area contributed by atoms with E-state index in [1.165, 1.54) is 6.07 Å². The fraction of sp³-hybridized carbons (Fsp3) is 0. The molecule has 7 heteroatoms. The Labute approximate surface area is 99.7 Å². The van der Waals surface area contributed by atoms with Crippen LogP contribution in [0.25, 0.3) is 0 Å². The van der Waals surface area contributed by atoms with Gasteiger partial charge in [0, 0.05) is 12.1 Å². The predicted octanol–water partition coefficient (Wildman–Crippen LogP) is 2.25. The normalized spacial score (nSPS) is 10.1. The maximum absolute atomic E-state index is 13.2. The number of benzene rings is 1. The summed E-state index contributed by atoms with van der Waals surface area (Å²) in [6, 6.07) is 5.04. The van der Waals surface area contributed by atoms with Crippen molar-refractivity contribution in [2.45, 2.75) is 0 Å². The standard InChI is InChI=1S/C11H6F2N2O3/c12-6-1-2-7(13)9(5-6)18-10-4-3-8(11(16)17)14-15-10/h1-5H,(H,16,17). The SMILES string of the molecule is O=C(O)c1ccc(Oc2cc(F)ccc2F)nn1. The van der Waals surface area contributed by atoms with Gasteiger partial charge in [-0.1, -0.05) is 0 Å². The smallest absolute Gasteiger partial charge is 0.356 e. The number of carboxylic acid groups (broad SMARTS) is 1. The van der Waals surface area contributed by atoms with Gasteiger partial charge in [-0.05, 0) is 18.2 Å². The summed E-state index contributed by atoms with van der Waals surface area (Å²) in [7, 11) is 0. The molecule has 1 heterocycles. The number of aromatic carboxylic acids is 1. The lowest BCUT2D eigenvalue weighted by Crippen LogP contribution is -2.02. The quantitative estimate of drug-likeness (QED) is 0.906. The van der Waals surface area contributed by atoms with Gasteiger partial charge in [-0.2, -0.15) is 0 Å². The molecule has 0 saturated carbocycles. The van der Waals surface area contributed by atoms with Gasteiger partial charge >= 0.3 is 5.97 Å². The highest BCUT2D eigenvalue weighted by atomic mass is 19.1. The molecule has 0 bridgehead atoms. The van der Waals surface area contributed by atoms with E-state index in [1.807, 2.05) is 0 Å². The van der Waals surface area contributed by atoms with E-state index in [9.17, 15) is 13.6 Å². The minimum atomic E-state index is -1.24. The molecule has 0 spiro atoms. The van der Waals surface area contributed by atoms with Gasteiger partial charge in [-0.15, -0.1) is 10.2 Å². The lowest BCUT2D eigenvalue weighted by Gasteiger charge is -2.05. The molecule has 0 fully saturated rings. The molecule has 18 heavy (non-hydrogen) atoms. The van der Waals surface area contributed by atoms with E-state index in [2.05, 4.69) is 10.2 Å². The molecule has 0 aliphatic heterocycles. The monoisotopic (exact) mass is 252 g/mol. The highest BCUT2D eigenvalue weighted by Gasteiger charge is 2.09. The molecular weight excluding hydrogens is 246 g/mol. The zero-order chi connectivity index (χ0) is 13.1. The van der Waals surface area contributed by atoms with Crippen molar-refractivity contribution in [3.05, 3.63) is 47.7 Å². The average molecular weight is 252 g/mol. The maximum Gasteiger partial charge on any atom is 0.356 e. The van der Waals surface area contributed by atoms with Crippen molar-refractivity contribution in [3.8, 4) is 11.6 Å². The molecular formula is C11H6F2N2O3. The van der Waals surface area contributed by atoms with Crippen LogP contribution in [0, 0.1) is 11.6 Å². The third-order valence-corrected chi connectivity index (χ3v) is 1.97. The lowest BCUT2D eigenvalue weighted by atomic mass is 10.3. The molecule has 1 aromatic heterocycles. The van der Waals surface area contributed by atoms with Gasteiger partial charge in [-0.25, -0.2) is 13.6 Å². The third-order valence-electron chi connectivity index (χ3n) is 1.97. The number of nitrogens with zero attached hydrogens (tertiary/aromatic N) is 2. The Morgan fingerprint density at radius 2 is 1.94 bits per heavy atom. The summed E-state index contributed by atoms with van der Waals surface area (Å²) in [5.41, 5.74) is -0.276. The van der Waals surface area contributed by atoms with Crippen molar-refractivity contribution >= 4 is 5.97 Å². The zero-order valence-electron chi connectivity index (χ0n) is 8.80. The number of halogens is 2. The number of rotatable bonds is 3. The van der Waals surface area contributed by atoms with Gasteiger partial charge in [-0.3, -0.25) is 0 Å². The van der Waals surface area contributed by atoms with Gasteiger partial charge in [0.05, 0.1) is 0 Å². The highest BCUT2D eigenvalue weighted by Crippen LogP contribution is 2.23. The third kappa shape index (κ3) is 2.57. The average Bonchev–Trinajstić information content (AvgIpc) is 2.34. The van der Waals surface area contributed by atoms with Crippen LogP contribution in [0.4, 0.5) is 8.78 Å². The van der Waals surface area contributed by atoms with Gasteiger partial charge in [0.2, 0.25) is 5.88 Å². The molecule has 0 aliphatic carbocycles. The molecule has 0 amide bonds. The Kier molecular flexibility index (Phi) is 3.13. The highest BCUT2D eigenvalue weighted by molar-refractivity contribution is 5.84. The molecule has 0 aliphatic rings. The summed E-state index contributed by atoms with van der Waals surface area (Å²) in [6.07, 6.45) is 0. The number of hydrogen-bond donors (Lipinski definition) is 1. The first-order chi connectivity index (χ1) is 8.56. The summed E-state index contributed by atoms with van der Waals surface area (Å²) in [4.78, 5) is 10.5. The molecule has 2 rings (SSSR count). The lowest BCUT2D eigenvalue weighted by molar-refractivity contribution is 0.0689. The van der Waals surface area contributed by atoms with E-state index in [1.54, 1.807) is 0 Å². The van der Waals surface area contributed by atoms with Crippen molar-refractivity contribution in [2.75, 3.05) is 0 Å². The molecule has 92 valence electrons. The van der Waals surface area contributed by atoms with Crippen LogP contribution in [0.3, 0.4) is 0 Å². The van der Waals surface area contributed by atoms with Crippen LogP contribution in [0.1, 0.15) is 10.5 Å². The van der Waals surface area contributed by atoms with Crippen LogP contribution in [0.2, 0.25) is 0 Å². The first kappa shape index (κ1) is 11.9. The maximum atomic E-state index is 13.2. The van der Waals surface area contributed by atoms with E-state index in [4.69, 9.17) is 9.84 Å². The van der Waals surface area contributed by atoms with E-state index < -0.39 is 17.6 Å². The Morgan fingerprint density at radius 3 is 2.56 bits per heavy atom. The number of carbonyl (C=O) groups is 1. The van der Waals surface area contributed by atoms with Crippen LogP contribution in [0.15, 0.2) is 30.3 Å². The second-order valence-electron chi connectivity index (χ2n) is 3.24. The summed E-state index contributed by atoms with van der Waals surface area (Å²) < 4.78 is 31.0. The van der Waals surface area contributed by atoms with Crippen molar-refractivity contribution in [1.82, 2.24) is 10.2 Å². The fourth-order valence-electron chi connectivity index (χ4n) is 1.16. The second-order valence-corrected chi connectivity index (χ2v) is 3.24. The van der Waals surface area contributed by atoms with E-state index in [0.717, 1.165) is 24.3 Å². The first-order valence-electron chi connectivity index (χ1n) is 4.76. The fourth-order valence-corrected chi connectivity index (χ4v) is 1.16. The van der Waals surface area contributed by atoms with Crippen LogP contribution in [-0.4, -0.2) is 21.3 Å². The molecule has 1 N–H and O–H groups in total. The van der Waals surface area contributed by atoms with Crippen LogP contribution in [0.5, 0.6) is 11.6 Å². The van der Waals surface area contributed by atoms with Crippen molar-refractivity contribution in [2.24, 2.45) is 0 Å². The molecule has 0 atom stereocenters. The molecule has 1 aromatic carbocycles. The molecule has 2 aromatic rings. The predicted molar refractivity (Wildman–Crippen MR) is 55.4 cm³/mol. The Bertz CT molecular complexity index is 587.